The van der Waals surface area contributed by atoms with Crippen LogP contribution in [0.2, 0.25) is 0 Å². The molecular weight excluding hydrogens is 191 g/mol. The van der Waals surface area contributed by atoms with E-state index in [4.69, 9.17) is 11.1 Å². The Hall–Kier alpha value is -0.791. The van der Waals surface area contributed by atoms with Crippen LogP contribution in [0.5, 0.6) is 0 Å². The van der Waals surface area contributed by atoms with Gasteiger partial charge in [-0.25, -0.2) is 0 Å². The number of hydrogen-bond acceptors (Lipinski definition) is 2. The van der Waals surface area contributed by atoms with Crippen molar-refractivity contribution in [1.82, 2.24) is 0 Å². The van der Waals surface area contributed by atoms with Crippen LogP contribution in [0.15, 0.2) is 24.3 Å². The Bertz CT molecular complexity index is 240. The van der Waals surface area contributed by atoms with Crippen LogP contribution in [0.25, 0.3) is 0 Å². The summed E-state index contributed by atoms with van der Waals surface area (Å²) in [4.78, 5) is 0. The van der Waals surface area contributed by atoms with Crippen molar-refractivity contribution in [2.24, 2.45) is 0 Å². The summed E-state index contributed by atoms with van der Waals surface area (Å²) < 4.78 is 0.444. The second-order valence-corrected chi connectivity index (χ2v) is 2.81. The summed E-state index contributed by atoms with van der Waals surface area (Å²) in [6, 6.07) is 7.19. The van der Waals surface area contributed by atoms with Crippen LogP contribution in [0.4, 0.5) is 5.69 Å². The Labute approximate surface area is 67.8 Å². The van der Waals surface area contributed by atoms with Crippen LogP contribution in [-0.2, 0) is 0 Å². The molecule has 1 aromatic carbocycles. The number of nitrogen functional groups attached to an aromatic ring is 1. The molecule has 0 aliphatic heterocycles. The van der Waals surface area contributed by atoms with Crippen molar-refractivity contribution in [2.75, 3.05) is 5.73 Å². The van der Waals surface area contributed by atoms with Crippen LogP contribution in [-0.4, -0.2) is 20.6 Å². The SMILES string of the molecule is N=C([Se])c1ccc(N)cc1. The zero-order valence-electron chi connectivity index (χ0n) is 5.29. The van der Waals surface area contributed by atoms with E-state index in [1.807, 2.05) is 12.1 Å². The Morgan fingerprint density at radius 3 is 2.20 bits per heavy atom. The molecule has 0 unspecified atom stereocenters. The molecule has 3 N–H and O–H groups in total. The fourth-order valence-electron chi connectivity index (χ4n) is 0.634. The Kier molecular flexibility index (Phi) is 2.09. The van der Waals surface area contributed by atoms with Crippen LogP contribution < -0.4 is 5.73 Å². The fraction of sp³-hybridized carbons (Fsp3) is 0. The minimum absolute atomic E-state index is 0.444. The van der Waals surface area contributed by atoms with E-state index in [0.717, 1.165) is 11.3 Å². The van der Waals surface area contributed by atoms with Crippen molar-refractivity contribution < 1.29 is 0 Å². The number of rotatable bonds is 1. The molecule has 2 nitrogen and oxygen atoms in total. The first-order valence-corrected chi connectivity index (χ1v) is 3.67. The van der Waals surface area contributed by atoms with Gasteiger partial charge in [0.05, 0.1) is 0 Å². The van der Waals surface area contributed by atoms with E-state index in [0.29, 0.717) is 4.61 Å². The van der Waals surface area contributed by atoms with Gasteiger partial charge in [-0.15, -0.1) is 0 Å². The summed E-state index contributed by atoms with van der Waals surface area (Å²) in [6.45, 7) is 0. The predicted molar refractivity (Wildman–Crippen MR) is 43.4 cm³/mol. The maximum atomic E-state index is 7.21. The molecule has 3 heteroatoms. The van der Waals surface area contributed by atoms with E-state index in [1.54, 1.807) is 12.1 Å². The Balaban J connectivity index is 3.00. The second kappa shape index (κ2) is 2.86. The summed E-state index contributed by atoms with van der Waals surface area (Å²) in [6.07, 6.45) is 0. The van der Waals surface area contributed by atoms with E-state index in [1.165, 1.54) is 0 Å². The number of anilines is 1. The fourth-order valence-corrected chi connectivity index (χ4v) is 0.920. The molecule has 0 spiro atoms. The molecule has 0 aliphatic carbocycles. The minimum atomic E-state index is 0.444. The molecule has 1 rings (SSSR count). The standard InChI is InChI=1S/C7H7N2Se/c8-6-3-1-5(2-4-6)7(9)10/h1-4,9H,8H2. The molecule has 0 aromatic heterocycles. The second-order valence-electron chi connectivity index (χ2n) is 1.95. The molecule has 0 fully saturated rings. The summed E-state index contributed by atoms with van der Waals surface area (Å²) in [5.74, 6) is 0. The third kappa shape index (κ3) is 1.59. The van der Waals surface area contributed by atoms with E-state index in [9.17, 15) is 0 Å². The maximum absolute atomic E-state index is 7.21. The van der Waals surface area contributed by atoms with Crippen molar-refractivity contribution in [3.05, 3.63) is 29.8 Å². The summed E-state index contributed by atoms with van der Waals surface area (Å²) >= 11 is 2.62. The average molecular weight is 198 g/mol. The van der Waals surface area contributed by atoms with Gasteiger partial charge in [-0.05, 0) is 0 Å². The van der Waals surface area contributed by atoms with Crippen LogP contribution in [0.1, 0.15) is 5.56 Å². The number of benzene rings is 1. The first-order chi connectivity index (χ1) is 4.70. The molecule has 0 amide bonds. The summed E-state index contributed by atoms with van der Waals surface area (Å²) in [5.41, 5.74) is 7.04. The van der Waals surface area contributed by atoms with Gasteiger partial charge in [-0.1, -0.05) is 0 Å². The first-order valence-electron chi connectivity index (χ1n) is 2.81. The third-order valence-corrected chi connectivity index (χ3v) is 1.67. The monoisotopic (exact) mass is 199 g/mol. The van der Waals surface area contributed by atoms with Gasteiger partial charge in [0.15, 0.2) is 0 Å². The van der Waals surface area contributed by atoms with Crippen molar-refractivity contribution in [1.29, 1.82) is 5.41 Å². The molecule has 1 radical (unpaired) electrons. The van der Waals surface area contributed by atoms with Gasteiger partial charge >= 0.3 is 67.3 Å². The summed E-state index contributed by atoms with van der Waals surface area (Å²) in [5, 5.41) is 7.21. The molecule has 0 aliphatic rings. The molecular formula is C7H7N2Se. The molecule has 0 bridgehead atoms. The molecule has 0 saturated carbocycles. The summed E-state index contributed by atoms with van der Waals surface area (Å²) in [7, 11) is 0. The van der Waals surface area contributed by atoms with Crippen molar-refractivity contribution >= 4 is 26.3 Å². The van der Waals surface area contributed by atoms with Crippen LogP contribution in [0, 0.1) is 5.41 Å². The van der Waals surface area contributed by atoms with Gasteiger partial charge in [0.25, 0.3) is 0 Å². The normalized spacial score (nSPS) is 9.20. The quantitative estimate of drug-likeness (QED) is 0.390. The molecule has 0 atom stereocenters. The topological polar surface area (TPSA) is 49.9 Å². The Morgan fingerprint density at radius 1 is 1.30 bits per heavy atom. The van der Waals surface area contributed by atoms with E-state index in [2.05, 4.69) is 16.0 Å². The van der Waals surface area contributed by atoms with E-state index in [-0.39, 0.29) is 0 Å². The zero-order valence-corrected chi connectivity index (χ0v) is 7.01. The van der Waals surface area contributed by atoms with E-state index < -0.39 is 0 Å². The van der Waals surface area contributed by atoms with Crippen molar-refractivity contribution in [2.45, 2.75) is 0 Å². The van der Waals surface area contributed by atoms with Gasteiger partial charge < -0.3 is 0 Å². The first kappa shape index (κ1) is 7.32. The van der Waals surface area contributed by atoms with Crippen molar-refractivity contribution in [3.8, 4) is 0 Å². The number of nitrogens with two attached hydrogens (primary N) is 1. The van der Waals surface area contributed by atoms with Crippen LogP contribution in [0.3, 0.4) is 0 Å². The van der Waals surface area contributed by atoms with Gasteiger partial charge in [0.2, 0.25) is 0 Å². The van der Waals surface area contributed by atoms with Gasteiger partial charge in [-0.2, -0.15) is 0 Å². The van der Waals surface area contributed by atoms with Crippen LogP contribution >= 0.6 is 0 Å². The molecule has 51 valence electrons. The van der Waals surface area contributed by atoms with Gasteiger partial charge in [-0.3, -0.25) is 0 Å². The predicted octanol–water partition coefficient (Wildman–Crippen LogP) is 0.763. The van der Waals surface area contributed by atoms with E-state index >= 15 is 0 Å². The molecule has 1 aromatic rings. The zero-order chi connectivity index (χ0) is 7.56. The number of nitrogens with one attached hydrogen (secondary N) is 1. The average Bonchev–Trinajstić information content (AvgIpc) is 1.88. The van der Waals surface area contributed by atoms with Gasteiger partial charge in [0.1, 0.15) is 0 Å². The molecule has 0 saturated heterocycles. The Morgan fingerprint density at radius 2 is 1.80 bits per heavy atom. The molecule has 10 heavy (non-hydrogen) atoms. The third-order valence-electron chi connectivity index (χ3n) is 1.17. The van der Waals surface area contributed by atoms with Crippen molar-refractivity contribution in [3.63, 3.8) is 0 Å². The number of hydrogen-bond donors (Lipinski definition) is 2. The molecule has 0 heterocycles. The van der Waals surface area contributed by atoms with Gasteiger partial charge in [0, 0.05) is 0 Å².